The molecule has 2 rings (SSSR count). The van der Waals surface area contributed by atoms with Gasteiger partial charge in [-0.3, -0.25) is 4.79 Å². The Balaban J connectivity index is 1.86. The van der Waals surface area contributed by atoms with Crippen molar-refractivity contribution in [2.24, 2.45) is 5.92 Å². The number of anilines is 1. The van der Waals surface area contributed by atoms with Crippen molar-refractivity contribution < 1.29 is 4.79 Å². The minimum absolute atomic E-state index is 0.0933. The number of nitrogens with one attached hydrogen (secondary N) is 1. The van der Waals surface area contributed by atoms with Gasteiger partial charge in [-0.25, -0.2) is 0 Å². The van der Waals surface area contributed by atoms with E-state index in [0.717, 1.165) is 21.6 Å². The molecule has 0 bridgehead atoms. The number of amides is 1. The van der Waals surface area contributed by atoms with E-state index < -0.39 is 0 Å². The van der Waals surface area contributed by atoms with E-state index in [1.807, 2.05) is 44.3 Å². The van der Waals surface area contributed by atoms with Crippen LogP contribution in [0.15, 0.2) is 34.7 Å². The molecule has 0 spiro atoms. The zero-order valence-electron chi connectivity index (χ0n) is 14.5. The summed E-state index contributed by atoms with van der Waals surface area (Å²) in [5.41, 5.74) is 1.13. The van der Waals surface area contributed by atoms with E-state index in [1.54, 1.807) is 4.90 Å². The molecule has 1 aromatic carbocycles. The highest BCUT2D eigenvalue weighted by molar-refractivity contribution is 8.02. The predicted octanol–water partition coefficient (Wildman–Crippen LogP) is 3.75. The molecule has 0 aliphatic heterocycles. The molecular formula is C17H24N4OS2. The first-order chi connectivity index (χ1) is 11.5. The average Bonchev–Trinajstić information content (AvgIpc) is 3.00. The molecule has 130 valence electrons. The predicted molar refractivity (Wildman–Crippen MR) is 101 cm³/mol. The molecular weight excluding hydrogens is 340 g/mol. The number of nitrogens with zero attached hydrogens (tertiary/aromatic N) is 3. The lowest BCUT2D eigenvalue weighted by Crippen LogP contribution is -2.32. The highest BCUT2D eigenvalue weighted by Crippen LogP contribution is 2.29. The molecule has 1 amide bonds. The van der Waals surface area contributed by atoms with Gasteiger partial charge in [0.15, 0.2) is 4.34 Å². The smallest absolute Gasteiger partial charge is 0.235 e. The van der Waals surface area contributed by atoms with Crippen LogP contribution in [0, 0.1) is 5.92 Å². The molecule has 5 nitrogen and oxygen atoms in total. The average molecular weight is 365 g/mol. The second-order valence-electron chi connectivity index (χ2n) is 6.09. The number of rotatable bonds is 8. The molecule has 0 saturated heterocycles. The van der Waals surface area contributed by atoms with Crippen LogP contribution < -0.4 is 5.32 Å². The first kappa shape index (κ1) is 18.7. The Morgan fingerprint density at radius 3 is 2.62 bits per heavy atom. The summed E-state index contributed by atoms with van der Waals surface area (Å²) >= 11 is 2.95. The Hall–Kier alpha value is -1.60. The van der Waals surface area contributed by atoms with Gasteiger partial charge in [-0.2, -0.15) is 0 Å². The fourth-order valence-corrected chi connectivity index (χ4v) is 4.09. The highest BCUT2D eigenvalue weighted by Gasteiger charge is 2.20. The standard InChI is InChI=1S/C17H24N4OS2/c1-12(2)10-18-16-19-20-17(24-16)23-13(3)15(22)21(4)11-14-8-6-5-7-9-14/h5-9,12-13H,10-11H2,1-4H3,(H,18,19). The number of hydrogen-bond acceptors (Lipinski definition) is 6. The minimum atomic E-state index is -0.190. The third kappa shape index (κ3) is 5.79. The Bertz CT molecular complexity index is 645. The summed E-state index contributed by atoms with van der Waals surface area (Å²) in [6.45, 7) is 7.69. The highest BCUT2D eigenvalue weighted by atomic mass is 32.2. The molecule has 1 N–H and O–H groups in total. The van der Waals surface area contributed by atoms with Crippen LogP contribution in [-0.4, -0.2) is 39.8 Å². The Morgan fingerprint density at radius 2 is 1.96 bits per heavy atom. The molecule has 0 saturated carbocycles. The van der Waals surface area contributed by atoms with Gasteiger partial charge in [-0.05, 0) is 18.4 Å². The number of benzene rings is 1. The van der Waals surface area contributed by atoms with Crippen LogP contribution in [0.25, 0.3) is 0 Å². The number of carbonyl (C=O) groups excluding carboxylic acids is 1. The Labute approximate surface area is 151 Å². The lowest BCUT2D eigenvalue weighted by atomic mass is 10.2. The third-order valence-electron chi connectivity index (χ3n) is 3.33. The van der Waals surface area contributed by atoms with Crippen LogP contribution in [0.3, 0.4) is 0 Å². The van der Waals surface area contributed by atoms with Crippen molar-refractivity contribution in [1.29, 1.82) is 0 Å². The second-order valence-corrected chi connectivity index (χ2v) is 8.65. The number of thioether (sulfide) groups is 1. The first-order valence-corrected chi connectivity index (χ1v) is 9.68. The lowest BCUT2D eigenvalue weighted by Gasteiger charge is -2.20. The van der Waals surface area contributed by atoms with Crippen molar-refractivity contribution in [3.05, 3.63) is 35.9 Å². The SMILES string of the molecule is CC(C)CNc1nnc(SC(C)C(=O)N(C)Cc2ccccc2)s1. The van der Waals surface area contributed by atoms with Gasteiger partial charge in [0.25, 0.3) is 0 Å². The van der Waals surface area contributed by atoms with Crippen molar-refractivity contribution in [1.82, 2.24) is 15.1 Å². The lowest BCUT2D eigenvalue weighted by molar-refractivity contribution is -0.129. The topological polar surface area (TPSA) is 58.1 Å². The second kappa shape index (κ2) is 9.03. The van der Waals surface area contributed by atoms with E-state index >= 15 is 0 Å². The van der Waals surface area contributed by atoms with Crippen molar-refractivity contribution in [3.8, 4) is 0 Å². The maximum Gasteiger partial charge on any atom is 0.235 e. The van der Waals surface area contributed by atoms with E-state index in [0.29, 0.717) is 12.5 Å². The fourth-order valence-electron chi connectivity index (χ4n) is 2.07. The molecule has 1 aromatic heterocycles. The molecule has 1 heterocycles. The first-order valence-electron chi connectivity index (χ1n) is 7.98. The van der Waals surface area contributed by atoms with Crippen LogP contribution >= 0.6 is 23.1 Å². The van der Waals surface area contributed by atoms with E-state index in [2.05, 4.69) is 29.4 Å². The monoisotopic (exact) mass is 364 g/mol. The van der Waals surface area contributed by atoms with E-state index in [1.165, 1.54) is 23.1 Å². The molecule has 2 aromatic rings. The maximum atomic E-state index is 12.5. The zero-order chi connectivity index (χ0) is 17.5. The van der Waals surface area contributed by atoms with Gasteiger partial charge >= 0.3 is 0 Å². The number of carbonyl (C=O) groups is 1. The van der Waals surface area contributed by atoms with Crippen molar-refractivity contribution >= 4 is 34.1 Å². The summed E-state index contributed by atoms with van der Waals surface area (Å²) in [6.07, 6.45) is 0. The quantitative estimate of drug-likeness (QED) is 0.723. The maximum absolute atomic E-state index is 12.5. The van der Waals surface area contributed by atoms with Crippen LogP contribution in [0.2, 0.25) is 0 Å². The molecule has 0 radical (unpaired) electrons. The molecule has 0 aliphatic rings. The van der Waals surface area contributed by atoms with Gasteiger partial charge in [-0.1, -0.05) is 67.3 Å². The van der Waals surface area contributed by atoms with E-state index in [4.69, 9.17) is 0 Å². The fraction of sp³-hybridized carbons (Fsp3) is 0.471. The zero-order valence-corrected chi connectivity index (χ0v) is 16.2. The van der Waals surface area contributed by atoms with Gasteiger partial charge in [0.05, 0.1) is 5.25 Å². The van der Waals surface area contributed by atoms with Crippen LogP contribution in [0.4, 0.5) is 5.13 Å². The number of hydrogen-bond donors (Lipinski definition) is 1. The molecule has 7 heteroatoms. The largest absolute Gasteiger partial charge is 0.360 e. The van der Waals surface area contributed by atoms with E-state index in [-0.39, 0.29) is 11.2 Å². The Morgan fingerprint density at radius 1 is 1.25 bits per heavy atom. The van der Waals surface area contributed by atoms with E-state index in [9.17, 15) is 4.79 Å². The summed E-state index contributed by atoms with van der Waals surface area (Å²) in [7, 11) is 1.84. The van der Waals surface area contributed by atoms with Gasteiger partial charge in [-0.15, -0.1) is 10.2 Å². The minimum Gasteiger partial charge on any atom is -0.360 e. The van der Waals surface area contributed by atoms with Gasteiger partial charge in [0, 0.05) is 20.1 Å². The third-order valence-corrected chi connectivity index (χ3v) is 5.38. The van der Waals surface area contributed by atoms with Crippen LogP contribution in [0.1, 0.15) is 26.3 Å². The van der Waals surface area contributed by atoms with Crippen LogP contribution in [0.5, 0.6) is 0 Å². The normalized spacial score (nSPS) is 12.2. The summed E-state index contributed by atoms with van der Waals surface area (Å²) in [5, 5.41) is 12.2. The molecule has 24 heavy (non-hydrogen) atoms. The molecule has 0 aliphatic carbocycles. The summed E-state index contributed by atoms with van der Waals surface area (Å²) in [6, 6.07) is 10.00. The van der Waals surface area contributed by atoms with Crippen molar-refractivity contribution in [2.45, 2.75) is 36.9 Å². The summed E-state index contributed by atoms with van der Waals surface area (Å²) in [4.78, 5) is 14.3. The summed E-state index contributed by atoms with van der Waals surface area (Å²) in [5.74, 6) is 0.646. The van der Waals surface area contributed by atoms with Gasteiger partial charge in [0.2, 0.25) is 11.0 Å². The van der Waals surface area contributed by atoms with Gasteiger partial charge in [0.1, 0.15) is 0 Å². The van der Waals surface area contributed by atoms with Crippen molar-refractivity contribution in [3.63, 3.8) is 0 Å². The van der Waals surface area contributed by atoms with Gasteiger partial charge < -0.3 is 10.2 Å². The Kier molecular flexibility index (Phi) is 7.05. The molecule has 1 unspecified atom stereocenters. The van der Waals surface area contributed by atoms with Crippen molar-refractivity contribution in [2.75, 3.05) is 18.9 Å². The molecule has 0 fully saturated rings. The van der Waals surface area contributed by atoms with Crippen LogP contribution in [-0.2, 0) is 11.3 Å². The molecule has 1 atom stereocenters. The summed E-state index contributed by atoms with van der Waals surface area (Å²) < 4.78 is 0.815. The number of aromatic nitrogens is 2.